The molecule has 0 aliphatic carbocycles. The maximum Gasteiger partial charge on any atom is 0.261 e. The van der Waals surface area contributed by atoms with Crippen LogP contribution in [-0.2, 0) is 14.8 Å². The molecule has 0 bridgehead atoms. The van der Waals surface area contributed by atoms with Gasteiger partial charge in [0.05, 0.1) is 10.9 Å². The second kappa shape index (κ2) is 9.98. The molecule has 1 amide bonds. The summed E-state index contributed by atoms with van der Waals surface area (Å²) in [6.45, 7) is 3.61. The molecular weight excluding hydrogens is 480 g/mol. The van der Waals surface area contributed by atoms with Gasteiger partial charge >= 0.3 is 0 Å². The molecule has 0 aromatic heterocycles. The smallest absolute Gasteiger partial charge is 0.261 e. The van der Waals surface area contributed by atoms with Crippen molar-refractivity contribution < 1.29 is 17.9 Å². The Balaban J connectivity index is 1.55. The van der Waals surface area contributed by atoms with Crippen LogP contribution in [0, 0.1) is 6.92 Å². The molecular formula is C23H23BrN2O4S. The molecule has 3 aromatic rings. The highest BCUT2D eigenvalue weighted by atomic mass is 79.9. The normalized spacial score (nSPS) is 12.1. The van der Waals surface area contributed by atoms with Gasteiger partial charge in [-0.1, -0.05) is 40.2 Å². The molecule has 0 saturated heterocycles. The number of halogens is 1. The van der Waals surface area contributed by atoms with E-state index in [-0.39, 0.29) is 23.5 Å². The van der Waals surface area contributed by atoms with Gasteiger partial charge in [0.15, 0.2) is 6.61 Å². The lowest BCUT2D eigenvalue weighted by molar-refractivity contribution is -0.123. The van der Waals surface area contributed by atoms with E-state index in [0.717, 1.165) is 15.6 Å². The number of aryl methyl sites for hydroxylation is 1. The fraction of sp³-hybridized carbons (Fsp3) is 0.174. The number of ether oxygens (including phenoxy) is 1. The number of nitrogens with one attached hydrogen (secondary N) is 2. The van der Waals surface area contributed by atoms with E-state index in [4.69, 9.17) is 4.74 Å². The van der Waals surface area contributed by atoms with Crippen LogP contribution in [0.4, 0.5) is 5.69 Å². The summed E-state index contributed by atoms with van der Waals surface area (Å²) in [6.07, 6.45) is 0. The van der Waals surface area contributed by atoms with Gasteiger partial charge in [0.2, 0.25) is 0 Å². The number of sulfonamides is 1. The molecule has 0 unspecified atom stereocenters. The van der Waals surface area contributed by atoms with Crippen molar-refractivity contribution in [2.24, 2.45) is 0 Å². The van der Waals surface area contributed by atoms with Crippen molar-refractivity contribution >= 4 is 37.5 Å². The topological polar surface area (TPSA) is 84.5 Å². The van der Waals surface area contributed by atoms with Crippen LogP contribution in [0.25, 0.3) is 0 Å². The first-order valence-electron chi connectivity index (χ1n) is 9.60. The molecule has 1 atom stereocenters. The first-order valence-corrected chi connectivity index (χ1v) is 11.9. The highest BCUT2D eigenvalue weighted by Gasteiger charge is 2.15. The average molecular weight is 503 g/mol. The maximum atomic E-state index is 12.5. The fourth-order valence-electron chi connectivity index (χ4n) is 2.90. The van der Waals surface area contributed by atoms with Crippen molar-refractivity contribution in [3.05, 3.63) is 88.4 Å². The second-order valence-electron chi connectivity index (χ2n) is 7.08. The molecule has 8 heteroatoms. The number of hydrogen-bond donors (Lipinski definition) is 2. The number of amides is 1. The van der Waals surface area contributed by atoms with Crippen molar-refractivity contribution in [3.63, 3.8) is 0 Å². The summed E-state index contributed by atoms with van der Waals surface area (Å²) in [7, 11) is -3.72. The van der Waals surface area contributed by atoms with E-state index in [2.05, 4.69) is 26.0 Å². The number of rotatable bonds is 8. The predicted molar refractivity (Wildman–Crippen MR) is 125 cm³/mol. The molecule has 0 spiro atoms. The van der Waals surface area contributed by atoms with Gasteiger partial charge in [0, 0.05) is 10.2 Å². The zero-order valence-electron chi connectivity index (χ0n) is 17.1. The van der Waals surface area contributed by atoms with E-state index < -0.39 is 10.0 Å². The molecule has 0 fully saturated rings. The first-order chi connectivity index (χ1) is 14.7. The Morgan fingerprint density at radius 1 is 1.03 bits per heavy atom. The lowest BCUT2D eigenvalue weighted by Crippen LogP contribution is -2.31. The van der Waals surface area contributed by atoms with Crippen molar-refractivity contribution in [1.82, 2.24) is 5.32 Å². The summed E-state index contributed by atoms with van der Waals surface area (Å²) in [5.41, 5.74) is 2.43. The summed E-state index contributed by atoms with van der Waals surface area (Å²) in [5.74, 6) is 0.134. The molecule has 0 aliphatic rings. The van der Waals surface area contributed by atoms with Crippen LogP contribution in [0.3, 0.4) is 0 Å². The SMILES string of the molecule is Cc1cccc(NS(=O)(=O)c2ccc(OCC(=O)N[C@H](C)c3ccc(Br)cc3)cc2)c1. The van der Waals surface area contributed by atoms with Crippen molar-refractivity contribution in [2.75, 3.05) is 11.3 Å². The molecule has 0 heterocycles. The van der Waals surface area contributed by atoms with E-state index in [1.54, 1.807) is 18.2 Å². The number of anilines is 1. The second-order valence-corrected chi connectivity index (χ2v) is 9.67. The highest BCUT2D eigenvalue weighted by Crippen LogP contribution is 2.20. The Bertz CT molecular complexity index is 1150. The number of hydrogen-bond acceptors (Lipinski definition) is 4. The Morgan fingerprint density at radius 3 is 2.35 bits per heavy atom. The molecule has 3 aromatic carbocycles. The number of carbonyl (C=O) groups excluding carboxylic acids is 1. The fourth-order valence-corrected chi connectivity index (χ4v) is 4.22. The van der Waals surface area contributed by atoms with Gasteiger partial charge in [-0.05, 0) is 73.5 Å². The minimum atomic E-state index is -3.72. The van der Waals surface area contributed by atoms with E-state index in [9.17, 15) is 13.2 Å². The van der Waals surface area contributed by atoms with Gasteiger partial charge in [-0.2, -0.15) is 0 Å². The lowest BCUT2D eigenvalue weighted by atomic mass is 10.1. The molecule has 6 nitrogen and oxygen atoms in total. The van der Waals surface area contributed by atoms with Gasteiger partial charge in [-0.15, -0.1) is 0 Å². The minimum Gasteiger partial charge on any atom is -0.484 e. The van der Waals surface area contributed by atoms with Crippen LogP contribution in [0.15, 0.2) is 82.2 Å². The van der Waals surface area contributed by atoms with Crippen LogP contribution in [0.5, 0.6) is 5.75 Å². The van der Waals surface area contributed by atoms with E-state index >= 15 is 0 Å². The van der Waals surface area contributed by atoms with Crippen molar-refractivity contribution in [1.29, 1.82) is 0 Å². The summed E-state index contributed by atoms with van der Waals surface area (Å²) in [6, 6.07) is 20.6. The Hall–Kier alpha value is -2.84. The molecule has 2 N–H and O–H groups in total. The monoisotopic (exact) mass is 502 g/mol. The third-order valence-corrected chi connectivity index (χ3v) is 6.45. The quantitative estimate of drug-likeness (QED) is 0.462. The van der Waals surface area contributed by atoms with Crippen molar-refractivity contribution in [3.8, 4) is 5.75 Å². The zero-order valence-corrected chi connectivity index (χ0v) is 19.5. The third-order valence-electron chi connectivity index (χ3n) is 4.52. The zero-order chi connectivity index (χ0) is 22.4. The Morgan fingerprint density at radius 2 is 1.71 bits per heavy atom. The van der Waals surface area contributed by atoms with Crippen LogP contribution in [0.1, 0.15) is 24.1 Å². The number of carbonyl (C=O) groups is 1. The van der Waals surface area contributed by atoms with Crippen LogP contribution < -0.4 is 14.8 Å². The standard InChI is InChI=1S/C23H23BrN2O4S/c1-16-4-3-5-20(14-16)26-31(28,29)22-12-10-21(11-13-22)30-15-23(27)25-17(2)18-6-8-19(24)9-7-18/h3-14,17,26H,15H2,1-2H3,(H,25,27)/t17-/m1/s1. The number of benzene rings is 3. The summed E-state index contributed by atoms with van der Waals surface area (Å²) in [5, 5.41) is 2.87. The van der Waals surface area contributed by atoms with E-state index in [0.29, 0.717) is 11.4 Å². The predicted octanol–water partition coefficient (Wildman–Crippen LogP) is 4.81. The molecule has 3 rings (SSSR count). The van der Waals surface area contributed by atoms with Crippen molar-refractivity contribution in [2.45, 2.75) is 24.8 Å². The molecule has 0 aliphatic heterocycles. The van der Waals surface area contributed by atoms with E-state index in [1.807, 2.05) is 44.2 Å². The average Bonchev–Trinajstić information content (AvgIpc) is 2.72. The van der Waals surface area contributed by atoms with Gasteiger partial charge in [-0.3, -0.25) is 9.52 Å². The van der Waals surface area contributed by atoms with Gasteiger partial charge in [0.1, 0.15) is 5.75 Å². The van der Waals surface area contributed by atoms with Gasteiger partial charge < -0.3 is 10.1 Å². The van der Waals surface area contributed by atoms with Crippen LogP contribution in [0.2, 0.25) is 0 Å². The van der Waals surface area contributed by atoms with Crippen LogP contribution in [-0.4, -0.2) is 20.9 Å². The van der Waals surface area contributed by atoms with E-state index in [1.165, 1.54) is 24.3 Å². The summed E-state index contributed by atoms with van der Waals surface area (Å²) in [4.78, 5) is 12.3. The molecule has 0 saturated carbocycles. The first kappa shape index (κ1) is 22.8. The summed E-state index contributed by atoms with van der Waals surface area (Å²) >= 11 is 3.38. The molecule has 162 valence electrons. The maximum absolute atomic E-state index is 12.5. The van der Waals surface area contributed by atoms with Crippen LogP contribution >= 0.6 is 15.9 Å². The third kappa shape index (κ3) is 6.57. The molecule has 31 heavy (non-hydrogen) atoms. The largest absolute Gasteiger partial charge is 0.484 e. The van der Waals surface area contributed by atoms with Gasteiger partial charge in [0.25, 0.3) is 15.9 Å². The summed E-state index contributed by atoms with van der Waals surface area (Å²) < 4.78 is 34.1. The lowest BCUT2D eigenvalue weighted by Gasteiger charge is -2.15. The molecule has 0 radical (unpaired) electrons. The minimum absolute atomic E-state index is 0.106. The Labute approximate surface area is 190 Å². The van der Waals surface area contributed by atoms with Gasteiger partial charge in [-0.25, -0.2) is 8.42 Å². The highest BCUT2D eigenvalue weighted by molar-refractivity contribution is 9.10. The Kier molecular flexibility index (Phi) is 7.35.